The molecule has 14 nitrogen and oxygen atoms in total. The second kappa shape index (κ2) is 13.8. The lowest BCUT2D eigenvalue weighted by molar-refractivity contribution is 0.272. The van der Waals surface area contributed by atoms with Gasteiger partial charge in [0.2, 0.25) is 0 Å². The zero-order valence-electron chi connectivity index (χ0n) is 29.8. The van der Waals surface area contributed by atoms with Gasteiger partial charge < -0.3 is 19.7 Å². The van der Waals surface area contributed by atoms with Crippen LogP contribution >= 0.6 is 0 Å². The van der Waals surface area contributed by atoms with Gasteiger partial charge in [0.05, 0.1) is 35.4 Å². The van der Waals surface area contributed by atoms with Crippen LogP contribution < -0.4 is 19.7 Å². The molecule has 260 valence electrons. The summed E-state index contributed by atoms with van der Waals surface area (Å²) < 4.78 is 15.2. The Labute approximate surface area is 291 Å². The molecule has 2 atom stereocenters. The number of aryl methyl sites for hydroxylation is 8. The van der Waals surface area contributed by atoms with Crippen molar-refractivity contribution < 1.29 is 9.47 Å². The van der Waals surface area contributed by atoms with Crippen LogP contribution in [0.25, 0.3) is 11.3 Å². The van der Waals surface area contributed by atoms with Crippen LogP contribution in [0, 0.1) is 27.7 Å². The first-order valence-corrected chi connectivity index (χ1v) is 17.2. The summed E-state index contributed by atoms with van der Waals surface area (Å²) in [7, 11) is 2.06. The summed E-state index contributed by atoms with van der Waals surface area (Å²) in [5.74, 6) is 5.06. The number of pyridine rings is 2. The second-order valence-electron chi connectivity index (χ2n) is 13.2. The van der Waals surface area contributed by atoms with Gasteiger partial charge in [-0.3, -0.25) is 9.97 Å². The van der Waals surface area contributed by atoms with E-state index in [2.05, 4.69) is 61.2 Å². The fourth-order valence-electron chi connectivity index (χ4n) is 5.97. The van der Waals surface area contributed by atoms with E-state index in [1.54, 1.807) is 0 Å². The standard InChI is InChI=1S/2C18H22N6O/c1-11-9-19-13(3)17-21-16(22-24(11)17)8-6-14-5-7-15-18(20-14)23(4)12(2)10-25-15;1-11-8-9-25-15-6-4-14(21-17(15)20-11)5-7-16-22-18-13(3)19-10-12(2)24(18)23-16/h5,7,9,12H,6,8,10H2,1-4H3;4,6,10-11H,5,7-9H2,1-3H3,(H,20,21). The van der Waals surface area contributed by atoms with Crippen LogP contribution in [0.15, 0.2) is 36.7 Å². The number of likely N-dealkylation sites (N-methyl/N-ethyl adjacent to an activating group) is 1. The lowest BCUT2D eigenvalue weighted by Gasteiger charge is -2.32. The van der Waals surface area contributed by atoms with Gasteiger partial charge in [-0.25, -0.2) is 29.0 Å². The van der Waals surface area contributed by atoms with E-state index in [0.29, 0.717) is 18.7 Å². The number of rotatable bonds is 6. The molecule has 6 aromatic rings. The largest absolute Gasteiger partial charge is 0.490 e. The molecule has 1 N–H and O–H groups in total. The molecule has 0 bridgehead atoms. The zero-order chi connectivity index (χ0) is 34.9. The second-order valence-corrected chi connectivity index (χ2v) is 13.2. The third-order valence-electron chi connectivity index (χ3n) is 9.20. The first kappa shape index (κ1) is 33.1. The van der Waals surface area contributed by atoms with Gasteiger partial charge in [-0.1, -0.05) is 0 Å². The number of aromatic nitrogens is 10. The van der Waals surface area contributed by atoms with Crippen LogP contribution in [-0.4, -0.2) is 81.5 Å². The smallest absolute Gasteiger partial charge is 0.177 e. The fourth-order valence-corrected chi connectivity index (χ4v) is 5.97. The lowest BCUT2D eigenvalue weighted by atomic mass is 10.2. The molecule has 6 aromatic heterocycles. The molecule has 0 fully saturated rings. The SMILES string of the molecule is Cc1ncc(C)n2nc(CCc3ccc4c(n3)N(C)C(C)CO4)nc12.Cc1ncc(C)n2nc(CCc3ccc4c(n3)NC(C)CCO4)nc12. The number of hydrogen-bond donors (Lipinski definition) is 1. The van der Waals surface area contributed by atoms with Crippen molar-refractivity contribution in [2.45, 2.75) is 85.7 Å². The third-order valence-corrected chi connectivity index (χ3v) is 9.20. The van der Waals surface area contributed by atoms with Crippen molar-refractivity contribution in [2.24, 2.45) is 0 Å². The van der Waals surface area contributed by atoms with Crippen molar-refractivity contribution in [2.75, 3.05) is 30.5 Å². The summed E-state index contributed by atoms with van der Waals surface area (Å²) >= 11 is 0. The Morgan fingerprint density at radius 3 is 1.90 bits per heavy atom. The van der Waals surface area contributed by atoms with Gasteiger partial charge >= 0.3 is 0 Å². The lowest BCUT2D eigenvalue weighted by Crippen LogP contribution is -2.38. The van der Waals surface area contributed by atoms with Crippen molar-refractivity contribution in [3.63, 3.8) is 0 Å². The van der Waals surface area contributed by atoms with Gasteiger partial charge in [0, 0.05) is 56.1 Å². The predicted octanol–water partition coefficient (Wildman–Crippen LogP) is 4.64. The van der Waals surface area contributed by atoms with Crippen LogP contribution in [0.4, 0.5) is 11.6 Å². The van der Waals surface area contributed by atoms with E-state index in [1.165, 1.54) is 0 Å². The van der Waals surface area contributed by atoms with Crippen molar-refractivity contribution in [3.8, 4) is 11.5 Å². The van der Waals surface area contributed by atoms with Crippen LogP contribution in [-0.2, 0) is 25.7 Å². The Hall–Kier alpha value is -5.40. The van der Waals surface area contributed by atoms with Gasteiger partial charge in [-0.15, -0.1) is 0 Å². The molecule has 50 heavy (non-hydrogen) atoms. The van der Waals surface area contributed by atoms with E-state index in [1.807, 2.05) is 73.4 Å². The normalized spacial score (nSPS) is 16.8. The maximum Gasteiger partial charge on any atom is 0.177 e. The van der Waals surface area contributed by atoms with Gasteiger partial charge in [-0.05, 0) is 78.6 Å². The molecule has 0 aromatic carbocycles. The number of ether oxygens (including phenoxy) is 2. The summed E-state index contributed by atoms with van der Waals surface area (Å²) in [5.41, 5.74) is 7.44. The molecule has 14 heteroatoms. The van der Waals surface area contributed by atoms with Crippen LogP contribution in [0.2, 0.25) is 0 Å². The molecule has 2 aliphatic rings. The minimum Gasteiger partial charge on any atom is -0.490 e. The highest BCUT2D eigenvalue weighted by atomic mass is 16.5. The molecular weight excluding hydrogens is 632 g/mol. The minimum absolute atomic E-state index is 0.328. The minimum atomic E-state index is 0.328. The average molecular weight is 677 g/mol. The zero-order valence-corrected chi connectivity index (χ0v) is 29.8. The van der Waals surface area contributed by atoms with E-state index in [9.17, 15) is 0 Å². The topological polar surface area (TPSA) is 146 Å². The summed E-state index contributed by atoms with van der Waals surface area (Å²) in [4.78, 5) is 29.6. The Kier molecular flexibility index (Phi) is 9.17. The summed E-state index contributed by atoms with van der Waals surface area (Å²) in [6.45, 7) is 13.6. The van der Waals surface area contributed by atoms with E-state index >= 15 is 0 Å². The molecule has 2 aliphatic heterocycles. The first-order chi connectivity index (χ1) is 24.1. The molecular formula is C36H44N12O2. The predicted molar refractivity (Wildman–Crippen MR) is 190 cm³/mol. The summed E-state index contributed by atoms with van der Waals surface area (Å²) in [6.07, 6.45) is 7.67. The number of nitrogens with one attached hydrogen (secondary N) is 1. The molecule has 0 aliphatic carbocycles. The Bertz CT molecular complexity index is 2080. The monoisotopic (exact) mass is 676 g/mol. The number of nitrogens with zero attached hydrogens (tertiary/aromatic N) is 11. The highest BCUT2D eigenvalue weighted by Gasteiger charge is 2.23. The summed E-state index contributed by atoms with van der Waals surface area (Å²) in [5, 5.41) is 12.6. The fraction of sp³-hybridized carbons (Fsp3) is 0.444. The average Bonchev–Trinajstić information content (AvgIpc) is 3.71. The number of anilines is 2. The Morgan fingerprint density at radius 2 is 1.30 bits per heavy atom. The van der Waals surface area contributed by atoms with E-state index in [-0.39, 0.29) is 0 Å². The molecule has 0 amide bonds. The van der Waals surface area contributed by atoms with E-state index in [0.717, 1.165) is 119 Å². The number of fused-ring (bicyclic) bond motifs is 4. The molecule has 0 saturated heterocycles. The van der Waals surface area contributed by atoms with Gasteiger partial charge in [-0.2, -0.15) is 10.2 Å². The maximum absolute atomic E-state index is 5.75. The van der Waals surface area contributed by atoms with Crippen LogP contribution in [0.5, 0.6) is 11.5 Å². The highest BCUT2D eigenvalue weighted by Crippen LogP contribution is 2.31. The number of hydrogen-bond acceptors (Lipinski definition) is 12. The van der Waals surface area contributed by atoms with Gasteiger partial charge in [0.15, 0.2) is 46.1 Å². The highest BCUT2D eigenvalue weighted by molar-refractivity contribution is 5.55. The van der Waals surface area contributed by atoms with Crippen LogP contribution in [0.1, 0.15) is 66.1 Å². The van der Waals surface area contributed by atoms with Crippen molar-refractivity contribution >= 4 is 22.9 Å². The molecule has 0 radical (unpaired) electrons. The molecule has 0 spiro atoms. The van der Waals surface area contributed by atoms with E-state index < -0.39 is 0 Å². The Morgan fingerprint density at radius 1 is 0.720 bits per heavy atom. The van der Waals surface area contributed by atoms with E-state index in [4.69, 9.17) is 19.4 Å². The van der Waals surface area contributed by atoms with Crippen molar-refractivity contribution in [3.05, 3.63) is 82.5 Å². The third kappa shape index (κ3) is 6.87. The molecule has 2 unspecified atom stereocenters. The van der Waals surface area contributed by atoms with Crippen LogP contribution in [0.3, 0.4) is 0 Å². The summed E-state index contributed by atoms with van der Waals surface area (Å²) in [6, 6.07) is 8.74. The Balaban J connectivity index is 0.000000157. The molecule has 0 saturated carbocycles. The molecule has 8 heterocycles. The van der Waals surface area contributed by atoms with Crippen molar-refractivity contribution in [1.29, 1.82) is 0 Å². The first-order valence-electron chi connectivity index (χ1n) is 17.2. The van der Waals surface area contributed by atoms with Crippen molar-refractivity contribution in [1.82, 2.24) is 49.1 Å². The molecule has 8 rings (SSSR count). The van der Waals surface area contributed by atoms with Gasteiger partial charge in [0.25, 0.3) is 0 Å². The quantitative estimate of drug-likeness (QED) is 0.262. The van der Waals surface area contributed by atoms with Gasteiger partial charge in [0.1, 0.15) is 6.61 Å². The maximum atomic E-state index is 5.75.